The van der Waals surface area contributed by atoms with Crippen LogP contribution in [-0.4, -0.2) is 30.5 Å². The van der Waals surface area contributed by atoms with Crippen molar-refractivity contribution in [3.05, 3.63) is 89.7 Å². The number of hydrogen-bond donors (Lipinski definition) is 2. The quantitative estimate of drug-likeness (QED) is 0.349. The Kier molecular flexibility index (Phi) is 4.14. The second kappa shape index (κ2) is 6.97. The number of anilines is 2. The predicted octanol–water partition coefficient (Wildman–Crippen LogP) is 4.27. The molecule has 0 saturated carbocycles. The van der Waals surface area contributed by atoms with Gasteiger partial charge in [0.15, 0.2) is 11.6 Å². The van der Waals surface area contributed by atoms with Crippen molar-refractivity contribution < 1.29 is 9.90 Å². The van der Waals surface area contributed by atoms with Gasteiger partial charge < -0.3 is 10.4 Å². The number of hydrogen-bond acceptors (Lipinski definition) is 6. The maximum atomic E-state index is 12.8. The minimum absolute atomic E-state index is 0.0643. The van der Waals surface area contributed by atoms with Gasteiger partial charge in [0.2, 0.25) is 5.65 Å². The van der Waals surface area contributed by atoms with Crippen molar-refractivity contribution >= 4 is 34.0 Å². The number of nitrogens with one attached hydrogen (secondary N) is 1. The van der Waals surface area contributed by atoms with Crippen LogP contribution in [0, 0.1) is 6.92 Å². The molecule has 0 fully saturated rings. The Morgan fingerprint density at radius 3 is 2.67 bits per heavy atom. The lowest BCUT2D eigenvalue weighted by molar-refractivity contribution is 0.103. The minimum atomic E-state index is -0.0643. The van der Waals surface area contributed by atoms with Gasteiger partial charge in [-0.25, -0.2) is 4.98 Å². The molecule has 0 spiro atoms. The highest BCUT2D eigenvalue weighted by Crippen LogP contribution is 2.30. The van der Waals surface area contributed by atoms with Gasteiger partial charge in [0, 0.05) is 11.1 Å². The van der Waals surface area contributed by atoms with E-state index in [0.29, 0.717) is 33.8 Å². The fourth-order valence-corrected chi connectivity index (χ4v) is 3.41. The molecule has 7 heteroatoms. The molecule has 0 unspecified atom stereocenters. The highest BCUT2D eigenvalue weighted by atomic mass is 16.3. The van der Waals surface area contributed by atoms with Gasteiger partial charge in [0.25, 0.3) is 0 Å². The van der Waals surface area contributed by atoms with Crippen molar-refractivity contribution in [3.63, 3.8) is 0 Å². The molecule has 7 nitrogen and oxygen atoms in total. The fraction of sp³-hybridized carbons (Fsp3) is 0.0435. The number of aromatic nitrogens is 4. The Morgan fingerprint density at radius 1 is 1.00 bits per heavy atom. The van der Waals surface area contributed by atoms with Crippen LogP contribution in [0.5, 0.6) is 5.75 Å². The van der Waals surface area contributed by atoms with Crippen molar-refractivity contribution in [1.82, 2.24) is 19.6 Å². The molecule has 0 bridgehead atoms. The standard InChI is InChI=1S/C23H17N5O2/c1-14-7-10-20(29)18(11-14)26-22-23-27-24-13-28(23)19-12-16(8-9-17(19)25-22)21(30)15-5-3-2-4-6-15/h2-13,29H,1H3,(H,25,26). The first kappa shape index (κ1) is 17.8. The number of aromatic hydroxyl groups is 1. The number of aryl methyl sites for hydroxylation is 1. The van der Waals surface area contributed by atoms with E-state index in [0.717, 1.165) is 11.1 Å². The smallest absolute Gasteiger partial charge is 0.204 e. The molecule has 0 atom stereocenters. The molecular weight excluding hydrogens is 378 g/mol. The van der Waals surface area contributed by atoms with Crippen LogP contribution in [0.1, 0.15) is 21.5 Å². The van der Waals surface area contributed by atoms with E-state index in [1.54, 1.807) is 47.1 Å². The first-order chi connectivity index (χ1) is 14.6. The maximum absolute atomic E-state index is 12.8. The number of rotatable bonds is 4. The monoisotopic (exact) mass is 395 g/mol. The second-order valence-corrected chi connectivity index (χ2v) is 7.03. The summed E-state index contributed by atoms with van der Waals surface area (Å²) < 4.78 is 1.78. The highest BCUT2D eigenvalue weighted by Gasteiger charge is 2.15. The Morgan fingerprint density at radius 2 is 1.83 bits per heavy atom. The Bertz CT molecular complexity index is 1410. The van der Waals surface area contributed by atoms with E-state index in [2.05, 4.69) is 20.5 Å². The minimum Gasteiger partial charge on any atom is -0.506 e. The number of carbonyl (C=O) groups excluding carboxylic acids is 1. The molecule has 0 aliphatic carbocycles. The van der Waals surface area contributed by atoms with Gasteiger partial charge in [-0.1, -0.05) is 36.4 Å². The van der Waals surface area contributed by atoms with E-state index in [1.807, 2.05) is 37.3 Å². The summed E-state index contributed by atoms with van der Waals surface area (Å²) in [6, 6.07) is 19.8. The number of phenolic OH excluding ortho intramolecular Hbond substituents is 1. The van der Waals surface area contributed by atoms with Gasteiger partial charge in [-0.05, 0) is 42.8 Å². The van der Waals surface area contributed by atoms with Crippen LogP contribution in [0.2, 0.25) is 0 Å². The summed E-state index contributed by atoms with van der Waals surface area (Å²) in [6.07, 6.45) is 1.58. The molecule has 0 aliphatic rings. The molecule has 2 N–H and O–H groups in total. The summed E-state index contributed by atoms with van der Waals surface area (Å²) in [7, 11) is 0. The summed E-state index contributed by atoms with van der Waals surface area (Å²) in [4.78, 5) is 17.5. The van der Waals surface area contributed by atoms with E-state index >= 15 is 0 Å². The Balaban J connectivity index is 1.63. The normalized spacial score (nSPS) is 11.1. The number of fused-ring (bicyclic) bond motifs is 3. The third-order valence-electron chi connectivity index (χ3n) is 4.93. The van der Waals surface area contributed by atoms with Gasteiger partial charge in [0.1, 0.15) is 12.1 Å². The summed E-state index contributed by atoms with van der Waals surface area (Å²) in [5.74, 6) is 0.512. The zero-order valence-corrected chi connectivity index (χ0v) is 16.1. The van der Waals surface area contributed by atoms with E-state index in [1.165, 1.54) is 0 Å². The van der Waals surface area contributed by atoms with Crippen LogP contribution in [0.25, 0.3) is 16.7 Å². The van der Waals surface area contributed by atoms with Crippen LogP contribution < -0.4 is 5.32 Å². The van der Waals surface area contributed by atoms with Crippen LogP contribution >= 0.6 is 0 Å². The molecule has 0 amide bonds. The third-order valence-corrected chi connectivity index (χ3v) is 4.93. The second-order valence-electron chi connectivity index (χ2n) is 7.03. The van der Waals surface area contributed by atoms with Crippen LogP contribution in [-0.2, 0) is 0 Å². The topological polar surface area (TPSA) is 92.4 Å². The van der Waals surface area contributed by atoms with Gasteiger partial charge in [-0.2, -0.15) is 0 Å². The Hall–Kier alpha value is -4.26. The van der Waals surface area contributed by atoms with E-state index in [4.69, 9.17) is 0 Å². The van der Waals surface area contributed by atoms with Crippen molar-refractivity contribution in [2.75, 3.05) is 5.32 Å². The molecule has 2 heterocycles. The van der Waals surface area contributed by atoms with Gasteiger partial charge in [-0.15, -0.1) is 10.2 Å². The van der Waals surface area contributed by atoms with E-state index in [9.17, 15) is 9.90 Å². The number of benzene rings is 3. The summed E-state index contributed by atoms with van der Waals surface area (Å²) in [6.45, 7) is 1.94. The van der Waals surface area contributed by atoms with Crippen molar-refractivity contribution in [1.29, 1.82) is 0 Å². The Labute approximate surface area is 171 Å². The number of nitrogens with zero attached hydrogens (tertiary/aromatic N) is 4. The molecular formula is C23H17N5O2. The van der Waals surface area contributed by atoms with Gasteiger partial charge >= 0.3 is 0 Å². The average molecular weight is 395 g/mol. The molecule has 3 aromatic carbocycles. The van der Waals surface area contributed by atoms with Crippen LogP contribution in [0.15, 0.2) is 73.1 Å². The highest BCUT2D eigenvalue weighted by molar-refractivity contribution is 6.10. The molecule has 30 heavy (non-hydrogen) atoms. The third kappa shape index (κ3) is 3.02. The number of phenols is 1. The summed E-state index contributed by atoms with van der Waals surface area (Å²) in [5, 5.41) is 21.5. The van der Waals surface area contributed by atoms with Crippen molar-refractivity contribution in [2.24, 2.45) is 0 Å². The van der Waals surface area contributed by atoms with E-state index < -0.39 is 0 Å². The van der Waals surface area contributed by atoms with Gasteiger partial charge in [0.05, 0.1) is 16.7 Å². The lowest BCUT2D eigenvalue weighted by Gasteiger charge is -2.11. The zero-order valence-electron chi connectivity index (χ0n) is 16.1. The zero-order chi connectivity index (χ0) is 20.7. The molecule has 0 radical (unpaired) electrons. The lowest BCUT2D eigenvalue weighted by Crippen LogP contribution is -2.04. The van der Waals surface area contributed by atoms with Crippen LogP contribution in [0.4, 0.5) is 11.5 Å². The average Bonchev–Trinajstić information content (AvgIpc) is 3.27. The first-order valence-corrected chi connectivity index (χ1v) is 9.40. The molecule has 5 aromatic rings. The summed E-state index contributed by atoms with van der Waals surface area (Å²) >= 11 is 0. The van der Waals surface area contributed by atoms with Crippen molar-refractivity contribution in [2.45, 2.75) is 6.92 Å². The SMILES string of the molecule is Cc1ccc(O)c(Nc2nc3ccc(C(=O)c4ccccc4)cc3n3cnnc23)c1. The summed E-state index contributed by atoms with van der Waals surface area (Å²) in [5.41, 5.74) is 4.59. The van der Waals surface area contributed by atoms with Crippen LogP contribution in [0.3, 0.4) is 0 Å². The molecule has 0 aliphatic heterocycles. The molecule has 146 valence electrons. The molecule has 2 aromatic heterocycles. The number of carbonyl (C=O) groups is 1. The fourth-order valence-electron chi connectivity index (χ4n) is 3.41. The first-order valence-electron chi connectivity index (χ1n) is 9.40. The maximum Gasteiger partial charge on any atom is 0.204 e. The lowest BCUT2D eigenvalue weighted by atomic mass is 10.0. The van der Waals surface area contributed by atoms with E-state index in [-0.39, 0.29) is 11.5 Å². The largest absolute Gasteiger partial charge is 0.506 e. The number of ketones is 1. The molecule has 5 rings (SSSR count). The van der Waals surface area contributed by atoms with Gasteiger partial charge in [-0.3, -0.25) is 9.20 Å². The predicted molar refractivity (Wildman–Crippen MR) is 114 cm³/mol. The van der Waals surface area contributed by atoms with Crippen molar-refractivity contribution in [3.8, 4) is 5.75 Å². The molecule has 0 saturated heterocycles.